The summed E-state index contributed by atoms with van der Waals surface area (Å²) in [6.45, 7) is 2.21. The molecule has 2 rings (SSSR count). The monoisotopic (exact) mass is 316 g/mol. The van der Waals surface area contributed by atoms with Crippen molar-refractivity contribution in [3.05, 3.63) is 21.3 Å². The van der Waals surface area contributed by atoms with Crippen molar-refractivity contribution in [1.29, 1.82) is 0 Å². The average molecular weight is 317 g/mol. The van der Waals surface area contributed by atoms with Gasteiger partial charge in [-0.2, -0.15) is 0 Å². The first-order valence-electron chi connectivity index (χ1n) is 7.05. The highest BCUT2D eigenvalue weighted by Crippen LogP contribution is 2.22. The maximum absolute atomic E-state index is 12.0. The number of hydrogen-bond acceptors (Lipinski definition) is 4. The van der Waals surface area contributed by atoms with Gasteiger partial charge in [0.25, 0.3) is 0 Å². The van der Waals surface area contributed by atoms with Gasteiger partial charge in [-0.15, -0.1) is 11.3 Å². The smallest absolute Gasteiger partial charge is 0.234 e. The first-order chi connectivity index (χ1) is 9.69. The van der Waals surface area contributed by atoms with Crippen LogP contribution < -0.4 is 5.32 Å². The van der Waals surface area contributed by atoms with Crippen LogP contribution in [0.5, 0.6) is 0 Å². The molecule has 0 radical (unpaired) electrons. The van der Waals surface area contributed by atoms with E-state index in [1.54, 1.807) is 0 Å². The van der Waals surface area contributed by atoms with Gasteiger partial charge in [0, 0.05) is 17.5 Å². The highest BCUT2D eigenvalue weighted by atomic mass is 35.5. The maximum Gasteiger partial charge on any atom is 0.234 e. The second kappa shape index (κ2) is 7.98. The number of aliphatic hydroxyl groups excluding tert-OH is 1. The largest absolute Gasteiger partial charge is 0.396 e. The Labute approximate surface area is 128 Å². The van der Waals surface area contributed by atoms with E-state index >= 15 is 0 Å². The Balaban J connectivity index is 1.73. The second-order valence-electron chi connectivity index (χ2n) is 5.11. The Morgan fingerprint density at radius 1 is 1.55 bits per heavy atom. The standard InChI is InChI=1S/C14H21ClN2O2S/c15-13-6-5-12(20-13)9-16-14(19)10-17-7-1-3-11(17)4-2-8-18/h5-6,11,18H,1-4,7-10H2,(H,16,19)/t11-/m1/s1. The molecule has 1 fully saturated rings. The minimum absolute atomic E-state index is 0.0606. The topological polar surface area (TPSA) is 52.6 Å². The number of halogens is 1. The number of amides is 1. The van der Waals surface area contributed by atoms with Crippen molar-refractivity contribution in [2.75, 3.05) is 19.7 Å². The maximum atomic E-state index is 12.0. The first kappa shape index (κ1) is 15.8. The Morgan fingerprint density at radius 2 is 2.40 bits per heavy atom. The molecule has 1 aliphatic rings. The van der Waals surface area contributed by atoms with E-state index in [9.17, 15) is 4.79 Å². The van der Waals surface area contributed by atoms with Crippen LogP contribution in [0.2, 0.25) is 4.34 Å². The summed E-state index contributed by atoms with van der Waals surface area (Å²) >= 11 is 7.35. The Morgan fingerprint density at radius 3 is 3.10 bits per heavy atom. The molecule has 0 saturated carbocycles. The predicted octanol–water partition coefficient (Wildman–Crippen LogP) is 2.25. The predicted molar refractivity (Wildman–Crippen MR) is 82.1 cm³/mol. The summed E-state index contributed by atoms with van der Waals surface area (Å²) in [6.07, 6.45) is 4.07. The van der Waals surface area contributed by atoms with Crippen molar-refractivity contribution in [3.63, 3.8) is 0 Å². The molecule has 2 heterocycles. The van der Waals surface area contributed by atoms with E-state index in [0.717, 1.165) is 41.4 Å². The molecule has 1 atom stereocenters. The normalized spacial score (nSPS) is 19.4. The molecular weight excluding hydrogens is 296 g/mol. The minimum Gasteiger partial charge on any atom is -0.396 e. The third-order valence-electron chi connectivity index (χ3n) is 3.63. The van der Waals surface area contributed by atoms with E-state index in [0.29, 0.717) is 19.1 Å². The zero-order valence-corrected chi connectivity index (χ0v) is 13.1. The lowest BCUT2D eigenvalue weighted by molar-refractivity contribution is -0.122. The number of carbonyl (C=O) groups excluding carboxylic acids is 1. The SMILES string of the molecule is O=C(CN1CCC[C@@H]1CCCO)NCc1ccc(Cl)s1. The van der Waals surface area contributed by atoms with Gasteiger partial charge in [-0.25, -0.2) is 0 Å². The van der Waals surface area contributed by atoms with Crippen molar-refractivity contribution in [1.82, 2.24) is 10.2 Å². The molecule has 0 aromatic carbocycles. The summed E-state index contributed by atoms with van der Waals surface area (Å²) in [5.74, 6) is 0.0606. The number of likely N-dealkylation sites (tertiary alicyclic amines) is 1. The highest BCUT2D eigenvalue weighted by molar-refractivity contribution is 7.16. The van der Waals surface area contributed by atoms with Crippen molar-refractivity contribution in [2.24, 2.45) is 0 Å². The van der Waals surface area contributed by atoms with Crippen LogP contribution in [-0.4, -0.2) is 41.7 Å². The summed E-state index contributed by atoms with van der Waals surface area (Å²) in [4.78, 5) is 15.3. The average Bonchev–Trinajstić information content (AvgIpc) is 3.03. The lowest BCUT2D eigenvalue weighted by atomic mass is 10.1. The molecule has 2 N–H and O–H groups in total. The van der Waals surface area contributed by atoms with Crippen LogP contribution in [0.25, 0.3) is 0 Å². The number of carbonyl (C=O) groups is 1. The van der Waals surface area contributed by atoms with Crippen molar-refractivity contribution in [3.8, 4) is 0 Å². The summed E-state index contributed by atoms with van der Waals surface area (Å²) in [7, 11) is 0. The molecule has 4 nitrogen and oxygen atoms in total. The van der Waals surface area contributed by atoms with Crippen LogP contribution in [0.15, 0.2) is 12.1 Å². The summed E-state index contributed by atoms with van der Waals surface area (Å²) < 4.78 is 0.748. The number of hydrogen-bond donors (Lipinski definition) is 2. The molecule has 1 aromatic heterocycles. The molecule has 0 unspecified atom stereocenters. The molecule has 0 aliphatic carbocycles. The van der Waals surface area contributed by atoms with Gasteiger partial charge in [0.15, 0.2) is 0 Å². The fourth-order valence-electron chi connectivity index (χ4n) is 2.63. The van der Waals surface area contributed by atoms with Crippen molar-refractivity contribution in [2.45, 2.75) is 38.3 Å². The number of thiophene rings is 1. The van der Waals surface area contributed by atoms with Crippen LogP contribution in [0, 0.1) is 0 Å². The van der Waals surface area contributed by atoms with Crippen LogP contribution in [0.1, 0.15) is 30.6 Å². The molecule has 1 amide bonds. The van der Waals surface area contributed by atoms with E-state index in [1.807, 2.05) is 12.1 Å². The van der Waals surface area contributed by atoms with Crippen molar-refractivity contribution < 1.29 is 9.90 Å². The molecule has 6 heteroatoms. The third kappa shape index (κ3) is 4.74. The number of nitrogens with one attached hydrogen (secondary N) is 1. The van der Waals surface area contributed by atoms with Gasteiger partial charge in [0.2, 0.25) is 5.91 Å². The lowest BCUT2D eigenvalue weighted by Crippen LogP contribution is -2.39. The molecule has 1 aliphatic heterocycles. The number of rotatable bonds is 7. The van der Waals surface area contributed by atoms with Crippen LogP contribution in [-0.2, 0) is 11.3 Å². The molecule has 1 aromatic rings. The molecule has 0 spiro atoms. The lowest BCUT2D eigenvalue weighted by Gasteiger charge is -2.23. The van der Waals surface area contributed by atoms with Gasteiger partial charge in [0.1, 0.15) is 0 Å². The van der Waals surface area contributed by atoms with Gasteiger partial charge in [-0.3, -0.25) is 9.69 Å². The van der Waals surface area contributed by atoms with E-state index in [1.165, 1.54) is 11.3 Å². The number of aliphatic hydroxyl groups is 1. The molecule has 1 saturated heterocycles. The van der Waals surface area contributed by atoms with Gasteiger partial charge >= 0.3 is 0 Å². The van der Waals surface area contributed by atoms with E-state index < -0.39 is 0 Å². The van der Waals surface area contributed by atoms with E-state index in [4.69, 9.17) is 16.7 Å². The minimum atomic E-state index is 0.0606. The molecule has 112 valence electrons. The quantitative estimate of drug-likeness (QED) is 0.811. The molecule has 0 bridgehead atoms. The molecular formula is C14H21ClN2O2S. The van der Waals surface area contributed by atoms with Crippen molar-refractivity contribution >= 4 is 28.8 Å². The van der Waals surface area contributed by atoms with E-state index in [2.05, 4.69) is 10.2 Å². The highest BCUT2D eigenvalue weighted by Gasteiger charge is 2.25. The van der Waals surface area contributed by atoms with Crippen LogP contribution in [0.4, 0.5) is 0 Å². The zero-order valence-electron chi connectivity index (χ0n) is 11.5. The van der Waals surface area contributed by atoms with Gasteiger partial charge in [-0.1, -0.05) is 11.6 Å². The van der Waals surface area contributed by atoms with Crippen LogP contribution >= 0.6 is 22.9 Å². The summed E-state index contributed by atoms with van der Waals surface area (Å²) in [5, 5.41) is 11.8. The van der Waals surface area contributed by atoms with Gasteiger partial charge < -0.3 is 10.4 Å². The molecule has 20 heavy (non-hydrogen) atoms. The first-order valence-corrected chi connectivity index (χ1v) is 8.24. The number of nitrogens with zero attached hydrogens (tertiary/aromatic N) is 1. The van der Waals surface area contributed by atoms with E-state index in [-0.39, 0.29) is 12.5 Å². The fraction of sp³-hybridized carbons (Fsp3) is 0.643. The van der Waals surface area contributed by atoms with Gasteiger partial charge in [-0.05, 0) is 44.4 Å². The Kier molecular flexibility index (Phi) is 6.29. The second-order valence-corrected chi connectivity index (χ2v) is 6.91. The summed E-state index contributed by atoms with van der Waals surface area (Å²) in [5.41, 5.74) is 0. The zero-order chi connectivity index (χ0) is 14.4. The third-order valence-corrected chi connectivity index (χ3v) is 4.86. The fourth-order valence-corrected chi connectivity index (χ4v) is 3.66. The van der Waals surface area contributed by atoms with Gasteiger partial charge in [0.05, 0.1) is 17.4 Å². The Bertz CT molecular complexity index is 439. The van der Waals surface area contributed by atoms with Crippen LogP contribution in [0.3, 0.4) is 0 Å². The Hall–Kier alpha value is -0.620. The summed E-state index contributed by atoms with van der Waals surface area (Å²) in [6, 6.07) is 4.23.